The number of nitriles is 1. The molecule has 0 radical (unpaired) electrons. The molecule has 2 aromatic rings. The third-order valence-corrected chi connectivity index (χ3v) is 5.66. The fourth-order valence-corrected chi connectivity index (χ4v) is 4.41. The lowest BCUT2D eigenvalue weighted by Gasteiger charge is -2.42. The van der Waals surface area contributed by atoms with E-state index in [1.807, 2.05) is 19.9 Å². The van der Waals surface area contributed by atoms with E-state index >= 15 is 0 Å². The second kappa shape index (κ2) is 10.5. The smallest absolute Gasteiger partial charge is 0.254 e. The molecule has 2 atom stereocenters. The number of amides is 2. The van der Waals surface area contributed by atoms with Crippen LogP contribution in [-0.2, 0) is 4.79 Å². The Labute approximate surface area is 202 Å². The van der Waals surface area contributed by atoms with Gasteiger partial charge in [-0.25, -0.2) is 4.39 Å². The van der Waals surface area contributed by atoms with Crippen LogP contribution in [0.15, 0.2) is 53.2 Å². The highest BCUT2D eigenvalue weighted by Crippen LogP contribution is 2.38. The number of nitrogens with zero attached hydrogens (tertiary/aromatic N) is 3. The number of hydrogen-bond donors (Lipinski definition) is 2. The zero-order valence-corrected chi connectivity index (χ0v) is 19.8. The summed E-state index contributed by atoms with van der Waals surface area (Å²) in [7, 11) is 1.56. The lowest BCUT2D eigenvalue weighted by molar-refractivity contribution is -0.118. The van der Waals surface area contributed by atoms with Gasteiger partial charge in [-0.05, 0) is 41.8 Å². The number of anilines is 1. The van der Waals surface area contributed by atoms with E-state index in [-0.39, 0.29) is 22.1 Å². The summed E-state index contributed by atoms with van der Waals surface area (Å²) in [5.41, 5.74) is 7.47. The van der Waals surface area contributed by atoms with Gasteiger partial charge in [0, 0.05) is 47.9 Å². The number of nitrogens with two attached hydrogens (primary N) is 1. The Morgan fingerprint density at radius 2 is 2.09 bits per heavy atom. The van der Waals surface area contributed by atoms with Gasteiger partial charge in [-0.15, -0.1) is 0 Å². The van der Waals surface area contributed by atoms with E-state index in [1.165, 1.54) is 47.6 Å². The molecule has 0 saturated heterocycles. The van der Waals surface area contributed by atoms with Crippen molar-refractivity contribution in [3.63, 3.8) is 0 Å². The zero-order chi connectivity index (χ0) is 25.0. The molecule has 0 spiro atoms. The number of carbonyl (C=O) groups excluding carboxylic acids is 2. The van der Waals surface area contributed by atoms with Gasteiger partial charge in [0.1, 0.15) is 5.82 Å². The minimum Gasteiger partial charge on any atom is -0.404 e. The van der Waals surface area contributed by atoms with E-state index in [1.54, 1.807) is 7.05 Å². The van der Waals surface area contributed by atoms with Crippen molar-refractivity contribution in [2.24, 2.45) is 16.6 Å². The highest BCUT2D eigenvalue weighted by atomic mass is 35.5. The minimum absolute atomic E-state index is 0.0639. The van der Waals surface area contributed by atoms with Crippen molar-refractivity contribution in [1.82, 2.24) is 4.90 Å². The van der Waals surface area contributed by atoms with Gasteiger partial charge in [0.05, 0.1) is 23.6 Å². The van der Waals surface area contributed by atoms with Crippen molar-refractivity contribution >= 4 is 35.3 Å². The van der Waals surface area contributed by atoms with Gasteiger partial charge < -0.3 is 16.0 Å². The number of halogens is 2. The summed E-state index contributed by atoms with van der Waals surface area (Å²) in [4.78, 5) is 32.8. The Hall–Kier alpha value is -3.70. The number of carbonyl (C=O) groups is 2. The molecular weight excluding hydrogens is 457 g/mol. The van der Waals surface area contributed by atoms with Crippen LogP contribution < -0.4 is 11.1 Å². The maximum absolute atomic E-state index is 14.1. The predicted molar refractivity (Wildman–Crippen MR) is 130 cm³/mol. The highest BCUT2D eigenvalue weighted by Gasteiger charge is 2.45. The Kier molecular flexibility index (Phi) is 7.69. The molecule has 3 rings (SSSR count). The zero-order valence-electron chi connectivity index (χ0n) is 19.0. The Morgan fingerprint density at radius 1 is 1.35 bits per heavy atom. The molecule has 9 heteroatoms. The number of benzene rings is 2. The van der Waals surface area contributed by atoms with Gasteiger partial charge in [0.2, 0.25) is 5.91 Å². The number of fused-ring (bicyclic) bond motifs is 1. The van der Waals surface area contributed by atoms with Gasteiger partial charge in [-0.3, -0.25) is 14.6 Å². The van der Waals surface area contributed by atoms with Crippen molar-refractivity contribution in [2.45, 2.75) is 25.8 Å². The average Bonchev–Trinajstić information content (AvgIpc) is 2.78. The standard InChI is InChI=1S/C25H25ClFN5O2/c1-14(2)13-32-23(16(11-29)12-30-3)22(20-5-4-18(27)9-21(20)25(32)34)24(33)31-19-7-15(10-28)6-17(26)8-19/h4-9,11-12,14,22-23H,13,29H2,1-3H3,(H,31,33)/t22-,23+/m1/s1. The molecule has 0 saturated carbocycles. The summed E-state index contributed by atoms with van der Waals surface area (Å²) in [5, 5.41) is 12.3. The second-order valence-corrected chi connectivity index (χ2v) is 8.83. The van der Waals surface area contributed by atoms with Crippen molar-refractivity contribution < 1.29 is 14.0 Å². The fraction of sp³-hybridized carbons (Fsp3) is 0.280. The van der Waals surface area contributed by atoms with Gasteiger partial charge in [-0.2, -0.15) is 5.26 Å². The van der Waals surface area contributed by atoms with Gasteiger partial charge in [-0.1, -0.05) is 31.5 Å². The van der Waals surface area contributed by atoms with E-state index in [0.717, 1.165) is 6.07 Å². The fourth-order valence-electron chi connectivity index (χ4n) is 4.18. The topological polar surface area (TPSA) is 112 Å². The summed E-state index contributed by atoms with van der Waals surface area (Å²) >= 11 is 6.10. The monoisotopic (exact) mass is 481 g/mol. The average molecular weight is 482 g/mol. The summed E-state index contributed by atoms with van der Waals surface area (Å²) < 4.78 is 14.1. The quantitative estimate of drug-likeness (QED) is 0.605. The normalized spacial score (nSPS) is 18.2. The van der Waals surface area contributed by atoms with Crippen LogP contribution in [0.4, 0.5) is 10.1 Å². The maximum Gasteiger partial charge on any atom is 0.254 e. The molecule has 1 aliphatic heterocycles. The summed E-state index contributed by atoms with van der Waals surface area (Å²) in [6, 6.07) is 9.53. The molecule has 0 fully saturated rings. The van der Waals surface area contributed by atoms with Crippen molar-refractivity contribution in [3.05, 3.63) is 75.7 Å². The first-order valence-electron chi connectivity index (χ1n) is 10.7. The summed E-state index contributed by atoms with van der Waals surface area (Å²) in [6.07, 6.45) is 2.83. The number of rotatable bonds is 6. The first-order valence-corrected chi connectivity index (χ1v) is 11.0. The summed E-state index contributed by atoms with van der Waals surface area (Å²) in [5.74, 6) is -2.30. The van der Waals surface area contributed by atoms with E-state index in [9.17, 15) is 19.2 Å². The predicted octanol–water partition coefficient (Wildman–Crippen LogP) is 4.10. The molecule has 1 heterocycles. The molecule has 0 unspecified atom stereocenters. The summed E-state index contributed by atoms with van der Waals surface area (Å²) in [6.45, 7) is 4.19. The van der Waals surface area contributed by atoms with E-state index in [4.69, 9.17) is 17.3 Å². The van der Waals surface area contributed by atoms with Crippen LogP contribution in [0, 0.1) is 23.1 Å². The first-order chi connectivity index (χ1) is 16.2. The molecule has 0 aromatic heterocycles. The van der Waals surface area contributed by atoms with E-state index < -0.39 is 29.6 Å². The van der Waals surface area contributed by atoms with E-state index in [2.05, 4.69) is 10.3 Å². The molecule has 0 bridgehead atoms. The van der Waals surface area contributed by atoms with Gasteiger partial charge >= 0.3 is 0 Å². The number of hydrogen-bond acceptors (Lipinski definition) is 5. The Bertz CT molecular complexity index is 1220. The van der Waals surface area contributed by atoms with Gasteiger partial charge in [0.25, 0.3) is 5.91 Å². The van der Waals surface area contributed by atoms with Crippen LogP contribution in [-0.4, -0.2) is 42.6 Å². The number of aliphatic imine (C=N–C) groups is 1. The SMILES string of the molecule is CN=CC(=CN)[C@H]1[C@H](C(=O)Nc2cc(Cl)cc(C#N)c2)c2ccc(F)cc2C(=O)N1CC(C)C. The molecule has 0 aliphatic carbocycles. The van der Waals surface area contributed by atoms with Crippen molar-refractivity contribution in [3.8, 4) is 6.07 Å². The number of nitrogens with one attached hydrogen (secondary N) is 1. The van der Waals surface area contributed by atoms with E-state index in [0.29, 0.717) is 23.4 Å². The third kappa shape index (κ3) is 5.10. The molecule has 34 heavy (non-hydrogen) atoms. The van der Waals surface area contributed by atoms with Crippen molar-refractivity contribution in [1.29, 1.82) is 5.26 Å². The molecule has 1 aliphatic rings. The minimum atomic E-state index is -0.927. The second-order valence-electron chi connectivity index (χ2n) is 8.39. The largest absolute Gasteiger partial charge is 0.404 e. The van der Waals surface area contributed by atoms with Crippen LogP contribution in [0.2, 0.25) is 5.02 Å². The van der Waals surface area contributed by atoms with Gasteiger partial charge in [0.15, 0.2) is 0 Å². The Morgan fingerprint density at radius 3 is 2.71 bits per heavy atom. The van der Waals surface area contributed by atoms with Crippen LogP contribution in [0.5, 0.6) is 0 Å². The molecule has 176 valence electrons. The lowest BCUT2D eigenvalue weighted by atomic mass is 9.78. The van der Waals surface area contributed by atoms with Crippen LogP contribution in [0.25, 0.3) is 0 Å². The van der Waals surface area contributed by atoms with Crippen LogP contribution >= 0.6 is 11.6 Å². The molecule has 7 nitrogen and oxygen atoms in total. The first kappa shape index (κ1) is 24.9. The molecular formula is C25H25ClFN5O2. The Balaban J connectivity index is 2.19. The van der Waals surface area contributed by atoms with Crippen LogP contribution in [0.1, 0.15) is 41.3 Å². The third-order valence-electron chi connectivity index (χ3n) is 5.44. The maximum atomic E-state index is 14.1. The lowest BCUT2D eigenvalue weighted by Crippen LogP contribution is -2.53. The highest BCUT2D eigenvalue weighted by molar-refractivity contribution is 6.31. The molecule has 2 aromatic carbocycles. The van der Waals surface area contributed by atoms with Crippen molar-refractivity contribution in [2.75, 3.05) is 18.9 Å². The molecule has 2 amide bonds. The molecule has 3 N–H and O–H groups in total. The van der Waals surface area contributed by atoms with Crippen LogP contribution in [0.3, 0.4) is 0 Å².